The highest BCUT2D eigenvalue weighted by molar-refractivity contribution is 6.29. The predicted molar refractivity (Wildman–Crippen MR) is 94.4 cm³/mol. The number of fused-ring (bicyclic) bond motifs is 1. The highest BCUT2D eigenvalue weighted by Crippen LogP contribution is 2.21. The van der Waals surface area contributed by atoms with E-state index < -0.39 is 5.60 Å². The van der Waals surface area contributed by atoms with Gasteiger partial charge in [0.2, 0.25) is 0 Å². The topological polar surface area (TPSA) is 67.3 Å². The van der Waals surface area contributed by atoms with Crippen molar-refractivity contribution in [2.45, 2.75) is 38.8 Å². The van der Waals surface area contributed by atoms with Gasteiger partial charge in [0.05, 0.1) is 11.9 Å². The molecule has 0 aromatic carbocycles. The summed E-state index contributed by atoms with van der Waals surface area (Å²) in [5.41, 5.74) is 1.05. The molecule has 0 aliphatic carbocycles. The van der Waals surface area contributed by atoms with Crippen molar-refractivity contribution in [1.82, 2.24) is 14.9 Å². The molecule has 0 spiro atoms. The molecule has 1 unspecified atom stereocenters. The molecule has 1 atom stereocenters. The molecule has 3 rings (SSSR count). The first-order valence-electron chi connectivity index (χ1n) is 7.97. The molecule has 0 radical (unpaired) electrons. The zero-order valence-electron chi connectivity index (χ0n) is 14.0. The summed E-state index contributed by atoms with van der Waals surface area (Å²) >= 11 is 5.87. The number of carbonyl (C=O) groups is 1. The Kier molecular flexibility index (Phi) is 4.49. The Morgan fingerprint density at radius 2 is 2.21 bits per heavy atom. The second-order valence-corrected chi connectivity index (χ2v) is 7.35. The first-order valence-corrected chi connectivity index (χ1v) is 8.35. The molecule has 2 aromatic heterocycles. The van der Waals surface area contributed by atoms with Gasteiger partial charge in [-0.2, -0.15) is 0 Å². The van der Waals surface area contributed by atoms with Gasteiger partial charge in [0.25, 0.3) is 0 Å². The number of halogens is 1. The van der Waals surface area contributed by atoms with Crippen molar-refractivity contribution >= 4 is 34.4 Å². The number of likely N-dealkylation sites (tertiary alicyclic amines) is 1. The number of rotatable bonds is 2. The van der Waals surface area contributed by atoms with E-state index in [1.54, 1.807) is 17.2 Å². The van der Waals surface area contributed by atoms with Crippen LogP contribution in [0.5, 0.6) is 0 Å². The van der Waals surface area contributed by atoms with Crippen LogP contribution >= 0.6 is 11.6 Å². The van der Waals surface area contributed by atoms with Crippen LogP contribution in [0.15, 0.2) is 24.4 Å². The zero-order chi connectivity index (χ0) is 17.3. The zero-order valence-corrected chi connectivity index (χ0v) is 14.8. The van der Waals surface area contributed by atoms with Gasteiger partial charge in [0.15, 0.2) is 5.65 Å². The van der Waals surface area contributed by atoms with Crippen molar-refractivity contribution in [3.05, 3.63) is 29.5 Å². The minimum Gasteiger partial charge on any atom is -0.444 e. The molecule has 1 N–H and O–H groups in total. The summed E-state index contributed by atoms with van der Waals surface area (Å²) < 4.78 is 5.42. The number of anilines is 1. The second-order valence-electron chi connectivity index (χ2n) is 6.96. The van der Waals surface area contributed by atoms with Gasteiger partial charge >= 0.3 is 6.09 Å². The number of hydrogen-bond donors (Lipinski definition) is 1. The lowest BCUT2D eigenvalue weighted by atomic mass is 10.2. The monoisotopic (exact) mass is 348 g/mol. The Bertz CT molecular complexity index is 760. The molecule has 128 valence electrons. The summed E-state index contributed by atoms with van der Waals surface area (Å²) in [6.45, 7) is 6.92. The third-order valence-electron chi connectivity index (χ3n) is 3.72. The summed E-state index contributed by atoms with van der Waals surface area (Å²) in [4.78, 5) is 22.3. The van der Waals surface area contributed by atoms with Crippen molar-refractivity contribution in [1.29, 1.82) is 0 Å². The molecule has 0 saturated carbocycles. The van der Waals surface area contributed by atoms with E-state index in [2.05, 4.69) is 15.3 Å². The SMILES string of the molecule is CC(C)(C)OC(=O)N1CCC(Nc2cnc3nc(Cl)ccc3c2)C1. The van der Waals surface area contributed by atoms with Crippen LogP contribution < -0.4 is 5.32 Å². The van der Waals surface area contributed by atoms with Crippen molar-refractivity contribution < 1.29 is 9.53 Å². The van der Waals surface area contributed by atoms with E-state index in [1.165, 1.54) is 0 Å². The molecule has 7 heteroatoms. The minimum atomic E-state index is -0.473. The molecule has 3 heterocycles. The van der Waals surface area contributed by atoms with Gasteiger partial charge in [-0.25, -0.2) is 14.8 Å². The van der Waals surface area contributed by atoms with Crippen LogP contribution in [-0.4, -0.2) is 45.7 Å². The fourth-order valence-electron chi connectivity index (χ4n) is 2.67. The van der Waals surface area contributed by atoms with Crippen molar-refractivity contribution in [2.75, 3.05) is 18.4 Å². The maximum absolute atomic E-state index is 12.1. The first-order chi connectivity index (χ1) is 11.3. The van der Waals surface area contributed by atoms with Crippen LogP contribution in [-0.2, 0) is 4.74 Å². The van der Waals surface area contributed by atoms with E-state index in [-0.39, 0.29) is 12.1 Å². The van der Waals surface area contributed by atoms with Crippen LogP contribution in [0.3, 0.4) is 0 Å². The third-order valence-corrected chi connectivity index (χ3v) is 3.93. The lowest BCUT2D eigenvalue weighted by Crippen LogP contribution is -2.36. The van der Waals surface area contributed by atoms with E-state index >= 15 is 0 Å². The maximum atomic E-state index is 12.1. The average Bonchev–Trinajstić information content (AvgIpc) is 2.94. The summed E-state index contributed by atoms with van der Waals surface area (Å²) in [6, 6.07) is 5.80. The maximum Gasteiger partial charge on any atom is 0.410 e. The molecule has 2 aromatic rings. The second kappa shape index (κ2) is 6.43. The van der Waals surface area contributed by atoms with E-state index in [9.17, 15) is 4.79 Å². The number of nitrogens with one attached hydrogen (secondary N) is 1. The Morgan fingerprint density at radius 1 is 1.42 bits per heavy atom. The number of nitrogens with zero attached hydrogens (tertiary/aromatic N) is 3. The lowest BCUT2D eigenvalue weighted by molar-refractivity contribution is 0.0293. The van der Waals surface area contributed by atoms with Crippen molar-refractivity contribution in [2.24, 2.45) is 0 Å². The lowest BCUT2D eigenvalue weighted by Gasteiger charge is -2.24. The minimum absolute atomic E-state index is 0.178. The Balaban J connectivity index is 1.63. The van der Waals surface area contributed by atoms with Gasteiger partial charge in [-0.3, -0.25) is 0 Å². The van der Waals surface area contributed by atoms with Crippen LogP contribution in [0.1, 0.15) is 27.2 Å². The molecule has 1 amide bonds. The van der Waals surface area contributed by atoms with Crippen molar-refractivity contribution in [3.8, 4) is 0 Å². The van der Waals surface area contributed by atoms with Gasteiger partial charge in [0.1, 0.15) is 10.8 Å². The quantitative estimate of drug-likeness (QED) is 0.838. The molecular formula is C17H21ClN4O2. The van der Waals surface area contributed by atoms with Gasteiger partial charge in [-0.05, 0) is 45.4 Å². The molecule has 24 heavy (non-hydrogen) atoms. The normalized spacial score (nSPS) is 18.0. The van der Waals surface area contributed by atoms with E-state index in [0.29, 0.717) is 23.9 Å². The number of ether oxygens (including phenoxy) is 1. The highest BCUT2D eigenvalue weighted by Gasteiger charge is 2.29. The van der Waals surface area contributed by atoms with E-state index in [0.717, 1.165) is 17.5 Å². The Hall–Kier alpha value is -2.08. The number of carbonyl (C=O) groups excluding carboxylic acids is 1. The smallest absolute Gasteiger partial charge is 0.410 e. The molecular weight excluding hydrogens is 328 g/mol. The Labute approximate surface area is 146 Å². The number of amides is 1. The molecule has 0 bridgehead atoms. The summed E-state index contributed by atoms with van der Waals surface area (Å²) in [6.07, 6.45) is 2.35. The highest BCUT2D eigenvalue weighted by atomic mass is 35.5. The fraction of sp³-hybridized carbons (Fsp3) is 0.471. The van der Waals surface area contributed by atoms with Gasteiger partial charge < -0.3 is 15.0 Å². The molecule has 1 fully saturated rings. The van der Waals surface area contributed by atoms with Gasteiger partial charge in [-0.1, -0.05) is 11.6 Å². The number of pyridine rings is 2. The summed E-state index contributed by atoms with van der Waals surface area (Å²) in [7, 11) is 0. The fourth-order valence-corrected chi connectivity index (χ4v) is 2.82. The Morgan fingerprint density at radius 3 is 2.96 bits per heavy atom. The molecule has 6 nitrogen and oxygen atoms in total. The van der Waals surface area contributed by atoms with Crippen LogP contribution in [0.2, 0.25) is 5.15 Å². The largest absolute Gasteiger partial charge is 0.444 e. The van der Waals surface area contributed by atoms with Gasteiger partial charge in [0, 0.05) is 24.5 Å². The first kappa shape index (κ1) is 16.8. The van der Waals surface area contributed by atoms with Crippen LogP contribution in [0.25, 0.3) is 11.0 Å². The van der Waals surface area contributed by atoms with Crippen LogP contribution in [0.4, 0.5) is 10.5 Å². The predicted octanol–water partition coefficient (Wildman–Crippen LogP) is 3.70. The molecule has 1 saturated heterocycles. The average molecular weight is 349 g/mol. The summed E-state index contributed by atoms with van der Waals surface area (Å²) in [5, 5.41) is 4.78. The van der Waals surface area contributed by atoms with Crippen molar-refractivity contribution in [3.63, 3.8) is 0 Å². The van der Waals surface area contributed by atoms with Gasteiger partial charge in [-0.15, -0.1) is 0 Å². The molecule has 1 aliphatic heterocycles. The van der Waals surface area contributed by atoms with E-state index in [1.807, 2.05) is 32.9 Å². The van der Waals surface area contributed by atoms with E-state index in [4.69, 9.17) is 16.3 Å². The summed E-state index contributed by atoms with van der Waals surface area (Å²) in [5.74, 6) is 0. The number of hydrogen-bond acceptors (Lipinski definition) is 5. The third kappa shape index (κ3) is 4.06. The molecule has 1 aliphatic rings. The number of aromatic nitrogens is 2. The van der Waals surface area contributed by atoms with Crippen LogP contribution in [0, 0.1) is 0 Å². The standard InChI is InChI=1S/C17H21ClN4O2/c1-17(2,3)24-16(23)22-7-6-12(10-22)20-13-8-11-4-5-14(18)21-15(11)19-9-13/h4-5,8-9,12,20H,6-7,10H2,1-3H3.